The number of nitriles is 1. The van der Waals surface area contributed by atoms with Crippen LogP contribution in [0, 0.1) is 11.3 Å². The molecule has 0 atom stereocenters. The Morgan fingerprint density at radius 3 is 0.886 bits per heavy atom. The van der Waals surface area contributed by atoms with Crippen molar-refractivity contribution in [2.75, 3.05) is 0 Å². The molecule has 17 aromatic rings. The Bertz CT molecular complexity index is 4960. The van der Waals surface area contributed by atoms with Crippen molar-refractivity contribution in [3.8, 4) is 45.6 Å². The first-order chi connectivity index (χ1) is 39.2. The van der Waals surface area contributed by atoms with Gasteiger partial charge in [0.05, 0.1) is 66.9 Å². The number of hydrogen-bond acceptors (Lipinski definition) is 3. The molecule has 0 aliphatic rings. The Morgan fingerprint density at radius 2 is 0.570 bits per heavy atom. The lowest BCUT2D eigenvalue weighted by Gasteiger charge is -2.29. The molecule has 0 bridgehead atoms. The van der Waals surface area contributed by atoms with Crippen molar-refractivity contribution in [2.45, 2.75) is 0 Å². The number of fused-ring (bicyclic) bond motifs is 15. The molecule has 0 N–H and O–H groups in total. The van der Waals surface area contributed by atoms with E-state index in [-0.39, 0.29) is 0 Å². The number of rotatable bonds is 6. The molecule has 0 saturated carbocycles. The molecule has 8 nitrogen and oxygen atoms in total. The van der Waals surface area contributed by atoms with Gasteiger partial charge in [-0.2, -0.15) is 5.26 Å². The monoisotopic (exact) mass is 1010 g/mol. The van der Waals surface area contributed by atoms with E-state index in [9.17, 15) is 5.26 Å². The van der Waals surface area contributed by atoms with Crippen LogP contribution in [0.15, 0.2) is 255 Å². The van der Waals surface area contributed by atoms with Crippen LogP contribution >= 0.6 is 0 Å². The zero-order valence-corrected chi connectivity index (χ0v) is 42.3. The molecule has 0 radical (unpaired) electrons. The molecule has 0 unspecified atom stereocenters. The smallest absolute Gasteiger partial charge is 0.146 e. The van der Waals surface area contributed by atoms with Crippen molar-refractivity contribution in [2.24, 2.45) is 0 Å². The summed E-state index contributed by atoms with van der Waals surface area (Å²) in [5, 5.41) is 23.7. The molecule has 17 rings (SSSR count). The predicted octanol–water partition coefficient (Wildman–Crippen LogP) is 17.5. The Balaban J connectivity index is 1.20. The molecule has 0 spiro atoms. The van der Waals surface area contributed by atoms with E-state index in [0.717, 1.165) is 149 Å². The van der Waals surface area contributed by atoms with Crippen molar-refractivity contribution < 1.29 is 0 Å². The molecule has 7 aromatic heterocycles. The van der Waals surface area contributed by atoms with Gasteiger partial charge in [0.25, 0.3) is 0 Å². The summed E-state index contributed by atoms with van der Waals surface area (Å²) in [6.45, 7) is 0. The minimum atomic E-state index is 0.516. The fraction of sp³-hybridized carbons (Fsp3) is 0. The third-order valence-electron chi connectivity index (χ3n) is 16.4. The van der Waals surface area contributed by atoms with Gasteiger partial charge in [-0.25, -0.2) is 9.97 Å². The average molecular weight is 1010 g/mol. The van der Waals surface area contributed by atoms with Gasteiger partial charge < -0.3 is 18.3 Å². The van der Waals surface area contributed by atoms with Crippen molar-refractivity contribution in [1.82, 2.24) is 32.8 Å². The highest BCUT2D eigenvalue weighted by molar-refractivity contribution is 6.17. The van der Waals surface area contributed by atoms with Crippen LogP contribution in [0.2, 0.25) is 0 Å². The molecule has 7 heterocycles. The second-order valence-electron chi connectivity index (χ2n) is 20.4. The van der Waals surface area contributed by atoms with Crippen LogP contribution in [0.3, 0.4) is 0 Å². The summed E-state index contributed by atoms with van der Waals surface area (Å²) in [5.41, 5.74) is 16.1. The highest BCUT2D eigenvalue weighted by atomic mass is 15.1. The van der Waals surface area contributed by atoms with Crippen molar-refractivity contribution in [3.05, 3.63) is 261 Å². The van der Waals surface area contributed by atoms with Crippen LogP contribution in [0.4, 0.5) is 0 Å². The number of hydrogen-bond donors (Lipinski definition) is 0. The molecule has 8 heteroatoms. The van der Waals surface area contributed by atoms with Gasteiger partial charge in [-0.3, -0.25) is 4.57 Å². The summed E-state index contributed by atoms with van der Waals surface area (Å²) in [4.78, 5) is 10.1. The van der Waals surface area contributed by atoms with Gasteiger partial charge in [-0.05, 0) is 90.5 Å². The Morgan fingerprint density at radius 1 is 0.278 bits per heavy atom. The number of nitrogens with zero attached hydrogens (tertiary/aromatic N) is 8. The molecular weight excluding hydrogens is 965 g/mol. The molecule has 0 saturated heterocycles. The van der Waals surface area contributed by atoms with Gasteiger partial charge in [0.2, 0.25) is 0 Å². The number of benzene rings is 10. The minimum absolute atomic E-state index is 0.516. The van der Waals surface area contributed by atoms with Gasteiger partial charge in [0, 0.05) is 77.5 Å². The molecule has 79 heavy (non-hydrogen) atoms. The van der Waals surface area contributed by atoms with E-state index in [1.807, 2.05) is 24.5 Å². The molecule has 366 valence electrons. The van der Waals surface area contributed by atoms with E-state index < -0.39 is 0 Å². The topological polar surface area (TPSA) is 74.2 Å². The van der Waals surface area contributed by atoms with E-state index in [4.69, 9.17) is 9.97 Å². The molecular formula is C71H42N8. The second kappa shape index (κ2) is 16.5. The summed E-state index contributed by atoms with van der Waals surface area (Å²) in [6.07, 6.45) is 3.72. The molecule has 0 aliphatic carbocycles. The Labute approximate surface area is 451 Å². The third kappa shape index (κ3) is 5.90. The van der Waals surface area contributed by atoms with Gasteiger partial charge >= 0.3 is 0 Å². The summed E-state index contributed by atoms with van der Waals surface area (Å²) >= 11 is 0. The van der Waals surface area contributed by atoms with E-state index in [0.29, 0.717) is 5.56 Å². The highest BCUT2D eigenvalue weighted by Gasteiger charge is 2.35. The van der Waals surface area contributed by atoms with E-state index in [1.54, 1.807) is 0 Å². The normalized spacial score (nSPS) is 12.0. The number of para-hydroxylation sites is 8. The van der Waals surface area contributed by atoms with Crippen molar-refractivity contribution in [3.63, 3.8) is 0 Å². The van der Waals surface area contributed by atoms with Gasteiger partial charge in [-0.15, -0.1) is 0 Å². The van der Waals surface area contributed by atoms with Gasteiger partial charge in [0.15, 0.2) is 0 Å². The van der Waals surface area contributed by atoms with E-state index in [2.05, 4.69) is 259 Å². The van der Waals surface area contributed by atoms with E-state index >= 15 is 0 Å². The number of pyridine rings is 2. The second-order valence-corrected chi connectivity index (χ2v) is 20.4. The predicted molar refractivity (Wildman–Crippen MR) is 324 cm³/mol. The maximum absolute atomic E-state index is 12.9. The molecule has 0 aliphatic heterocycles. The van der Waals surface area contributed by atoms with Crippen LogP contribution < -0.4 is 0 Å². The van der Waals surface area contributed by atoms with Crippen LogP contribution in [0.25, 0.3) is 149 Å². The van der Waals surface area contributed by atoms with Crippen LogP contribution in [0.1, 0.15) is 5.56 Å². The fourth-order valence-electron chi connectivity index (χ4n) is 13.3. The van der Waals surface area contributed by atoms with Crippen LogP contribution in [-0.2, 0) is 0 Å². The minimum Gasteiger partial charge on any atom is -0.306 e. The lowest BCUT2D eigenvalue weighted by atomic mass is 9.93. The first-order valence-electron chi connectivity index (χ1n) is 26.6. The maximum Gasteiger partial charge on any atom is 0.146 e. The van der Waals surface area contributed by atoms with Crippen molar-refractivity contribution >= 4 is 109 Å². The number of aromatic nitrogens is 7. The highest BCUT2D eigenvalue weighted by Crippen LogP contribution is 2.52. The molecule has 10 aromatic carbocycles. The zero-order valence-electron chi connectivity index (χ0n) is 42.3. The fourth-order valence-corrected chi connectivity index (χ4v) is 13.3. The Hall–Kier alpha value is -11.0. The quantitative estimate of drug-likeness (QED) is 0.167. The lowest BCUT2D eigenvalue weighted by molar-refractivity contribution is 1.03. The van der Waals surface area contributed by atoms with Gasteiger partial charge in [0.1, 0.15) is 22.9 Å². The third-order valence-corrected chi connectivity index (χ3v) is 16.4. The first kappa shape index (κ1) is 43.3. The summed E-state index contributed by atoms with van der Waals surface area (Å²) in [7, 11) is 0. The standard InChI is InChI=1S/C71H42N8/c72-43-56-66(76-57-32-9-1-22-46(57)47-23-2-10-33-58(47)76)68(78-61-36-13-5-26-50(61)51-27-6-14-37-62(51)78)65(44-20-17-21-45(42-44)75-70-54(30-18-40-73-70)55-31-19-41-74-71(55)75)69(79-63-38-15-7-28-52(63)53-29-8-16-39-64(53)79)67(56)77-59-34-11-3-24-48(59)49-25-4-12-35-60(49)77/h1-42H. The van der Waals surface area contributed by atoms with Crippen LogP contribution in [0.5, 0.6) is 0 Å². The lowest BCUT2D eigenvalue weighted by Crippen LogP contribution is -2.16. The summed E-state index contributed by atoms with van der Waals surface area (Å²) < 4.78 is 11.8. The molecule has 0 amide bonds. The first-order valence-corrected chi connectivity index (χ1v) is 26.6. The average Bonchev–Trinajstić information content (AvgIpc) is 4.35. The summed E-state index contributed by atoms with van der Waals surface area (Å²) in [6, 6.07) is 89.6. The molecule has 0 fully saturated rings. The van der Waals surface area contributed by atoms with Crippen molar-refractivity contribution in [1.29, 1.82) is 5.26 Å². The van der Waals surface area contributed by atoms with E-state index in [1.165, 1.54) is 0 Å². The van der Waals surface area contributed by atoms with Crippen LogP contribution in [-0.4, -0.2) is 32.8 Å². The summed E-state index contributed by atoms with van der Waals surface area (Å²) in [5.74, 6) is 0. The largest absolute Gasteiger partial charge is 0.306 e. The SMILES string of the molecule is N#Cc1c(-n2c3ccccc3c3ccccc32)c(-n2c3ccccc3c3ccccc32)c(-c2cccc(-n3c4ncccc4c4cccnc43)c2)c(-n2c3ccccc3c3ccccc32)c1-n1c2ccccc2c2ccccc21. The zero-order chi connectivity index (χ0) is 51.9. The Kier molecular flexibility index (Phi) is 9.03. The van der Waals surface area contributed by atoms with Gasteiger partial charge in [-0.1, -0.05) is 158 Å². The maximum atomic E-state index is 12.9.